The first-order chi connectivity index (χ1) is 11.5. The highest BCUT2D eigenvalue weighted by molar-refractivity contribution is 14.0. The molecule has 0 spiro atoms. The van der Waals surface area contributed by atoms with Crippen LogP contribution in [-0.2, 0) is 25.7 Å². The van der Waals surface area contributed by atoms with Crippen LogP contribution in [0.2, 0.25) is 0 Å². The highest BCUT2D eigenvalue weighted by Crippen LogP contribution is 2.30. The second-order valence-electron chi connectivity index (χ2n) is 5.47. The molecule has 0 saturated heterocycles. The fraction of sp³-hybridized carbons (Fsp3) is 0.375. The Balaban J connectivity index is 0.00000225. The summed E-state index contributed by atoms with van der Waals surface area (Å²) >= 11 is 0.997. The van der Waals surface area contributed by atoms with Gasteiger partial charge in [-0.2, -0.15) is 13.2 Å². The van der Waals surface area contributed by atoms with Crippen molar-refractivity contribution >= 4 is 41.3 Å². The van der Waals surface area contributed by atoms with E-state index in [0.717, 1.165) is 36.2 Å². The van der Waals surface area contributed by atoms with Crippen LogP contribution in [0.3, 0.4) is 0 Å². The maximum atomic E-state index is 12.6. The van der Waals surface area contributed by atoms with Crippen LogP contribution in [0, 0.1) is 0 Å². The van der Waals surface area contributed by atoms with Gasteiger partial charge in [-0.05, 0) is 17.5 Å². The second-order valence-corrected chi connectivity index (χ2v) is 6.41. The van der Waals surface area contributed by atoms with Crippen LogP contribution in [0.25, 0.3) is 0 Å². The van der Waals surface area contributed by atoms with Gasteiger partial charge in [-0.1, -0.05) is 24.3 Å². The first-order valence-electron chi connectivity index (χ1n) is 7.51. The van der Waals surface area contributed by atoms with Crippen molar-refractivity contribution in [3.63, 3.8) is 0 Å². The molecule has 1 aromatic heterocycles. The van der Waals surface area contributed by atoms with Crippen LogP contribution in [0.4, 0.5) is 13.2 Å². The van der Waals surface area contributed by atoms with Crippen molar-refractivity contribution in [2.75, 3.05) is 13.6 Å². The Morgan fingerprint density at radius 3 is 2.68 bits per heavy atom. The fourth-order valence-electron chi connectivity index (χ4n) is 2.69. The van der Waals surface area contributed by atoms with E-state index in [4.69, 9.17) is 0 Å². The molecule has 1 aromatic carbocycles. The molecule has 0 radical (unpaired) electrons. The summed E-state index contributed by atoms with van der Waals surface area (Å²) in [5.41, 5.74) is 1.74. The summed E-state index contributed by atoms with van der Waals surface area (Å²) in [6.07, 6.45) is -3.47. The molecule has 0 aliphatic carbocycles. The Labute approximate surface area is 165 Å². The number of hydrogen-bond acceptors (Lipinski definition) is 3. The first-order valence-corrected chi connectivity index (χ1v) is 8.39. The smallest absolute Gasteiger partial charge is 0.350 e. The second kappa shape index (κ2) is 8.35. The molecule has 0 saturated carbocycles. The number of alkyl halides is 3. The van der Waals surface area contributed by atoms with E-state index in [0.29, 0.717) is 11.0 Å². The molecule has 3 rings (SSSR count). The third-order valence-corrected chi connectivity index (χ3v) is 4.73. The summed E-state index contributed by atoms with van der Waals surface area (Å²) in [6.45, 7) is 1.79. The topological polar surface area (TPSA) is 40.5 Å². The molecule has 1 aliphatic heterocycles. The maximum absolute atomic E-state index is 12.6. The van der Waals surface area contributed by atoms with Gasteiger partial charge in [-0.15, -0.1) is 35.3 Å². The zero-order valence-electron chi connectivity index (χ0n) is 13.5. The van der Waals surface area contributed by atoms with Crippen molar-refractivity contribution in [2.24, 2.45) is 4.99 Å². The minimum Gasteiger partial charge on any atom is -0.350 e. The van der Waals surface area contributed by atoms with Crippen molar-refractivity contribution in [2.45, 2.75) is 25.7 Å². The lowest BCUT2D eigenvalue weighted by molar-refractivity contribution is -0.140. The lowest BCUT2D eigenvalue weighted by Crippen LogP contribution is -2.43. The number of benzene rings is 1. The van der Waals surface area contributed by atoms with Crippen molar-refractivity contribution in [3.05, 3.63) is 51.5 Å². The Morgan fingerprint density at radius 2 is 2.04 bits per heavy atom. The van der Waals surface area contributed by atoms with E-state index in [1.54, 1.807) is 7.05 Å². The molecule has 4 nitrogen and oxygen atoms in total. The van der Waals surface area contributed by atoms with E-state index in [2.05, 4.69) is 32.3 Å². The SMILES string of the molecule is CN=C(NCc1nc(C(F)(F)F)cs1)N1CCc2ccccc2C1.I. The lowest BCUT2D eigenvalue weighted by atomic mass is 10.0. The molecule has 0 fully saturated rings. The zero-order chi connectivity index (χ0) is 17.2. The number of nitrogens with one attached hydrogen (secondary N) is 1. The molecule has 2 aromatic rings. The molecular weight excluding hydrogens is 464 g/mol. The van der Waals surface area contributed by atoms with Crippen molar-refractivity contribution in [1.29, 1.82) is 0 Å². The summed E-state index contributed by atoms with van der Waals surface area (Å²) in [7, 11) is 1.67. The lowest BCUT2D eigenvalue weighted by Gasteiger charge is -2.31. The zero-order valence-corrected chi connectivity index (χ0v) is 16.7. The van der Waals surface area contributed by atoms with Gasteiger partial charge in [0.15, 0.2) is 11.7 Å². The van der Waals surface area contributed by atoms with Gasteiger partial charge in [-0.25, -0.2) is 4.98 Å². The number of nitrogens with zero attached hydrogens (tertiary/aromatic N) is 3. The third kappa shape index (κ3) is 4.84. The van der Waals surface area contributed by atoms with E-state index in [1.165, 1.54) is 11.1 Å². The average Bonchev–Trinajstić information content (AvgIpc) is 3.04. The monoisotopic (exact) mass is 482 g/mol. The maximum Gasteiger partial charge on any atom is 0.434 e. The minimum atomic E-state index is -4.40. The summed E-state index contributed by atoms with van der Waals surface area (Å²) in [6, 6.07) is 8.25. The van der Waals surface area contributed by atoms with E-state index in [9.17, 15) is 13.2 Å². The van der Waals surface area contributed by atoms with Gasteiger partial charge < -0.3 is 10.2 Å². The minimum absolute atomic E-state index is 0. The highest BCUT2D eigenvalue weighted by atomic mass is 127. The Morgan fingerprint density at radius 1 is 1.32 bits per heavy atom. The number of hydrogen-bond donors (Lipinski definition) is 1. The number of halogens is 4. The fourth-order valence-corrected chi connectivity index (χ4v) is 3.43. The summed E-state index contributed by atoms with van der Waals surface area (Å²) in [4.78, 5) is 9.97. The Bertz CT molecular complexity index is 745. The van der Waals surface area contributed by atoms with Crippen LogP contribution < -0.4 is 5.32 Å². The van der Waals surface area contributed by atoms with Gasteiger partial charge in [0, 0.05) is 25.5 Å². The van der Waals surface area contributed by atoms with Crippen LogP contribution >= 0.6 is 35.3 Å². The normalized spacial score (nSPS) is 14.7. The molecule has 136 valence electrons. The molecular formula is C16H18F3IN4S. The van der Waals surface area contributed by atoms with E-state index in [1.807, 2.05) is 12.1 Å². The number of aliphatic imine (C=N–C) groups is 1. The number of rotatable bonds is 2. The van der Waals surface area contributed by atoms with Gasteiger partial charge >= 0.3 is 6.18 Å². The van der Waals surface area contributed by atoms with Crippen LogP contribution in [0.1, 0.15) is 21.8 Å². The van der Waals surface area contributed by atoms with E-state index in [-0.39, 0.29) is 30.5 Å². The quantitative estimate of drug-likeness (QED) is 0.401. The van der Waals surface area contributed by atoms with Gasteiger partial charge in [0.05, 0.1) is 6.54 Å². The number of guanidine groups is 1. The Kier molecular flexibility index (Phi) is 6.66. The van der Waals surface area contributed by atoms with Gasteiger partial charge in [0.1, 0.15) is 5.01 Å². The predicted octanol–water partition coefficient (Wildman–Crippen LogP) is 3.91. The van der Waals surface area contributed by atoms with Crippen molar-refractivity contribution < 1.29 is 13.2 Å². The molecule has 0 amide bonds. The molecule has 1 N–H and O–H groups in total. The van der Waals surface area contributed by atoms with Gasteiger partial charge in [-0.3, -0.25) is 4.99 Å². The molecule has 25 heavy (non-hydrogen) atoms. The van der Waals surface area contributed by atoms with E-state index >= 15 is 0 Å². The molecule has 1 aliphatic rings. The van der Waals surface area contributed by atoms with E-state index < -0.39 is 11.9 Å². The van der Waals surface area contributed by atoms with Crippen molar-refractivity contribution in [1.82, 2.24) is 15.2 Å². The largest absolute Gasteiger partial charge is 0.434 e. The van der Waals surface area contributed by atoms with Crippen LogP contribution in [0.15, 0.2) is 34.6 Å². The number of fused-ring (bicyclic) bond motifs is 1. The Hall–Kier alpha value is -1.36. The average molecular weight is 482 g/mol. The predicted molar refractivity (Wildman–Crippen MR) is 103 cm³/mol. The number of thiazole rings is 1. The molecule has 2 heterocycles. The molecule has 0 atom stereocenters. The first kappa shape index (κ1) is 20.0. The third-order valence-electron chi connectivity index (χ3n) is 3.88. The molecule has 9 heteroatoms. The summed E-state index contributed by atoms with van der Waals surface area (Å²) in [5, 5.41) is 4.54. The van der Waals surface area contributed by atoms with Crippen LogP contribution in [0.5, 0.6) is 0 Å². The van der Waals surface area contributed by atoms with Gasteiger partial charge in [0.2, 0.25) is 0 Å². The molecule has 0 bridgehead atoms. The van der Waals surface area contributed by atoms with Gasteiger partial charge in [0.25, 0.3) is 0 Å². The number of aromatic nitrogens is 1. The van der Waals surface area contributed by atoms with Crippen molar-refractivity contribution in [3.8, 4) is 0 Å². The molecule has 0 unspecified atom stereocenters. The summed E-state index contributed by atoms with van der Waals surface area (Å²) in [5.74, 6) is 0.674. The summed E-state index contributed by atoms with van der Waals surface area (Å²) < 4.78 is 37.8. The van der Waals surface area contributed by atoms with Crippen LogP contribution in [-0.4, -0.2) is 29.4 Å². The standard InChI is InChI=1S/C16H17F3N4S.HI/c1-20-15(21-8-14-22-13(10-24-14)16(17,18)19)23-7-6-11-4-2-3-5-12(11)9-23;/h2-5,10H,6-9H2,1H3,(H,20,21);1H. The highest BCUT2D eigenvalue weighted by Gasteiger charge is 2.33.